The Morgan fingerprint density at radius 2 is 1.89 bits per heavy atom. The van der Waals surface area contributed by atoms with E-state index < -0.39 is 7.52 Å². The van der Waals surface area contributed by atoms with Gasteiger partial charge in [-0.05, 0) is 24.6 Å². The largest absolute Gasteiger partial charge is 0.328 e. The summed E-state index contributed by atoms with van der Waals surface area (Å²) in [5.41, 5.74) is 0.805. The van der Waals surface area contributed by atoms with Crippen LogP contribution in [0, 0.1) is 0 Å². The number of nitrogens with zero attached hydrogens (tertiary/aromatic N) is 1. The van der Waals surface area contributed by atoms with E-state index >= 15 is 0 Å². The second-order valence-electron chi connectivity index (χ2n) is 3.75. The number of halogens is 3. The molecular weight excluding hydrogens is 348 g/mol. The molecule has 0 fully saturated rings. The highest BCUT2D eigenvalue weighted by Crippen LogP contribution is 2.42. The Morgan fingerprint density at radius 3 is 2.47 bits per heavy atom. The van der Waals surface area contributed by atoms with Crippen LogP contribution in [-0.4, -0.2) is 16.1 Å². The molecule has 0 amide bonds. The predicted octanol–water partition coefficient (Wildman–Crippen LogP) is 5.50. The Bertz CT molecular complexity index is 551. The SMILES string of the molecule is CCP(=O)(O)N=C(C)SCc1cc(Cl)c(Cl)cc1Cl. The first-order chi connectivity index (χ1) is 8.75. The molecule has 0 saturated heterocycles. The highest BCUT2D eigenvalue weighted by Gasteiger charge is 2.13. The van der Waals surface area contributed by atoms with Gasteiger partial charge in [0.1, 0.15) is 0 Å². The molecule has 1 unspecified atom stereocenters. The molecule has 0 aliphatic heterocycles. The van der Waals surface area contributed by atoms with Crippen LogP contribution >= 0.6 is 54.1 Å². The van der Waals surface area contributed by atoms with E-state index in [-0.39, 0.29) is 6.16 Å². The van der Waals surface area contributed by atoms with Gasteiger partial charge in [0.25, 0.3) is 0 Å². The lowest BCUT2D eigenvalue weighted by atomic mass is 10.2. The summed E-state index contributed by atoms with van der Waals surface area (Å²) in [6, 6.07) is 3.27. The van der Waals surface area contributed by atoms with Crippen LogP contribution in [0.15, 0.2) is 16.9 Å². The first-order valence-electron chi connectivity index (χ1n) is 5.40. The Hall–Kier alpha value is 0.300. The fraction of sp³-hybridized carbons (Fsp3) is 0.364. The molecule has 8 heteroatoms. The van der Waals surface area contributed by atoms with Crippen molar-refractivity contribution in [3.05, 3.63) is 32.8 Å². The molecule has 1 aromatic rings. The third kappa shape index (κ3) is 5.66. The maximum atomic E-state index is 11.5. The van der Waals surface area contributed by atoms with Crippen molar-refractivity contribution in [2.75, 3.05) is 6.16 Å². The smallest absolute Gasteiger partial charge is 0.312 e. The maximum Gasteiger partial charge on any atom is 0.312 e. The van der Waals surface area contributed by atoms with Crippen molar-refractivity contribution in [2.45, 2.75) is 19.6 Å². The van der Waals surface area contributed by atoms with E-state index in [1.807, 2.05) is 0 Å². The van der Waals surface area contributed by atoms with Gasteiger partial charge in [0.2, 0.25) is 0 Å². The van der Waals surface area contributed by atoms with Crippen LogP contribution in [0.2, 0.25) is 15.1 Å². The summed E-state index contributed by atoms with van der Waals surface area (Å²) >= 11 is 19.1. The molecule has 1 aromatic carbocycles. The minimum Gasteiger partial charge on any atom is -0.328 e. The van der Waals surface area contributed by atoms with E-state index in [0.717, 1.165) is 5.56 Å². The van der Waals surface area contributed by atoms with Crippen molar-refractivity contribution in [1.29, 1.82) is 0 Å². The lowest BCUT2D eigenvalue weighted by Gasteiger charge is -2.07. The fourth-order valence-corrected chi connectivity index (χ4v) is 3.69. The Morgan fingerprint density at radius 1 is 1.32 bits per heavy atom. The number of hydrogen-bond acceptors (Lipinski definition) is 2. The molecule has 0 aliphatic rings. The second kappa shape index (κ2) is 7.35. The minimum absolute atomic E-state index is 0.123. The number of rotatable bonds is 4. The Labute approximate surface area is 131 Å². The second-order valence-corrected chi connectivity index (χ2v) is 8.30. The van der Waals surface area contributed by atoms with Gasteiger partial charge in [0.05, 0.1) is 15.1 Å². The zero-order chi connectivity index (χ0) is 14.6. The van der Waals surface area contributed by atoms with Crippen LogP contribution in [0.25, 0.3) is 0 Å². The fourth-order valence-electron chi connectivity index (χ4n) is 1.18. The van der Waals surface area contributed by atoms with Gasteiger partial charge in [-0.1, -0.05) is 41.7 Å². The van der Waals surface area contributed by atoms with Crippen LogP contribution in [0.4, 0.5) is 0 Å². The third-order valence-electron chi connectivity index (χ3n) is 2.23. The normalized spacial score (nSPS) is 15.4. The number of hydrogen-bond donors (Lipinski definition) is 1. The van der Waals surface area contributed by atoms with Crippen LogP contribution in [-0.2, 0) is 10.3 Å². The highest BCUT2D eigenvalue weighted by molar-refractivity contribution is 8.13. The van der Waals surface area contributed by atoms with Gasteiger partial charge in [-0.25, -0.2) is 4.76 Å². The first-order valence-corrected chi connectivity index (χ1v) is 9.31. The molecule has 0 saturated carbocycles. The molecule has 0 aliphatic carbocycles. The lowest BCUT2D eigenvalue weighted by Crippen LogP contribution is -1.90. The molecule has 0 heterocycles. The van der Waals surface area contributed by atoms with E-state index in [9.17, 15) is 9.46 Å². The zero-order valence-electron chi connectivity index (χ0n) is 10.4. The van der Waals surface area contributed by atoms with Crippen LogP contribution in [0.3, 0.4) is 0 Å². The van der Waals surface area contributed by atoms with Crippen molar-refractivity contribution in [1.82, 2.24) is 0 Å². The van der Waals surface area contributed by atoms with Crippen molar-refractivity contribution < 1.29 is 9.46 Å². The average molecular weight is 361 g/mol. The summed E-state index contributed by atoms with van der Waals surface area (Å²) in [6.07, 6.45) is 0.123. The molecule has 0 aromatic heterocycles. The predicted molar refractivity (Wildman–Crippen MR) is 86.2 cm³/mol. The van der Waals surface area contributed by atoms with Crippen molar-refractivity contribution in [3.63, 3.8) is 0 Å². The van der Waals surface area contributed by atoms with Gasteiger partial charge in [0, 0.05) is 16.9 Å². The summed E-state index contributed by atoms with van der Waals surface area (Å²) in [5.74, 6) is 0.509. The number of benzene rings is 1. The van der Waals surface area contributed by atoms with E-state index in [2.05, 4.69) is 4.76 Å². The maximum absolute atomic E-state index is 11.5. The van der Waals surface area contributed by atoms with Gasteiger partial charge in [-0.15, -0.1) is 11.8 Å². The van der Waals surface area contributed by atoms with Gasteiger partial charge >= 0.3 is 7.52 Å². The molecule has 1 rings (SSSR count). The van der Waals surface area contributed by atoms with Crippen LogP contribution in [0.5, 0.6) is 0 Å². The Balaban J connectivity index is 2.78. The van der Waals surface area contributed by atoms with E-state index in [1.165, 1.54) is 11.8 Å². The molecular formula is C11H13Cl3NO2PS. The van der Waals surface area contributed by atoms with Gasteiger partial charge in [-0.2, -0.15) is 0 Å². The summed E-state index contributed by atoms with van der Waals surface area (Å²) in [5, 5.41) is 1.88. The number of thioether (sulfide) groups is 1. The highest BCUT2D eigenvalue weighted by atomic mass is 35.5. The molecule has 106 valence electrons. The molecule has 3 nitrogen and oxygen atoms in total. The quantitative estimate of drug-likeness (QED) is 0.333. The Kier molecular flexibility index (Phi) is 6.71. The zero-order valence-corrected chi connectivity index (χ0v) is 14.3. The first kappa shape index (κ1) is 17.4. The molecule has 0 bridgehead atoms. The minimum atomic E-state index is -3.39. The van der Waals surface area contributed by atoms with E-state index in [1.54, 1.807) is 26.0 Å². The van der Waals surface area contributed by atoms with E-state index in [0.29, 0.717) is 25.9 Å². The molecule has 19 heavy (non-hydrogen) atoms. The van der Waals surface area contributed by atoms with Crippen LogP contribution < -0.4 is 0 Å². The average Bonchev–Trinajstić information content (AvgIpc) is 2.31. The summed E-state index contributed by atoms with van der Waals surface area (Å²) in [4.78, 5) is 9.42. The van der Waals surface area contributed by atoms with Gasteiger partial charge in [-0.3, -0.25) is 4.57 Å². The van der Waals surface area contributed by atoms with E-state index in [4.69, 9.17) is 34.8 Å². The van der Waals surface area contributed by atoms with Crippen LogP contribution in [0.1, 0.15) is 19.4 Å². The summed E-state index contributed by atoms with van der Waals surface area (Å²) < 4.78 is 15.3. The molecule has 1 N–H and O–H groups in total. The van der Waals surface area contributed by atoms with Crippen molar-refractivity contribution in [2.24, 2.45) is 4.76 Å². The van der Waals surface area contributed by atoms with Crippen molar-refractivity contribution >= 4 is 59.1 Å². The summed E-state index contributed by atoms with van der Waals surface area (Å²) in [6.45, 7) is 3.31. The van der Waals surface area contributed by atoms with Gasteiger partial charge < -0.3 is 4.89 Å². The lowest BCUT2D eigenvalue weighted by molar-refractivity contribution is 0.481. The van der Waals surface area contributed by atoms with Gasteiger partial charge in [0.15, 0.2) is 0 Å². The molecule has 0 spiro atoms. The van der Waals surface area contributed by atoms with Crippen molar-refractivity contribution in [3.8, 4) is 0 Å². The molecule has 1 atom stereocenters. The molecule has 0 radical (unpaired) electrons. The monoisotopic (exact) mass is 359 g/mol. The summed E-state index contributed by atoms with van der Waals surface area (Å²) in [7, 11) is -3.39. The standard InChI is InChI=1S/C11H13Cl3NO2PS/c1-3-18(16,17)15-7(2)19-6-8-4-10(13)11(14)5-9(8)12/h4-5H,3,6H2,1-2H3,(H,16,17). The topological polar surface area (TPSA) is 49.7 Å². The third-order valence-corrected chi connectivity index (χ3v) is 5.85.